The van der Waals surface area contributed by atoms with E-state index >= 15 is 0 Å². The van der Waals surface area contributed by atoms with E-state index in [9.17, 15) is 22.4 Å². The largest absolute Gasteiger partial charge is 0.416 e. The van der Waals surface area contributed by atoms with E-state index in [0.717, 1.165) is 37.9 Å². The van der Waals surface area contributed by atoms with Crippen molar-refractivity contribution in [1.82, 2.24) is 15.1 Å². The van der Waals surface area contributed by atoms with Crippen molar-refractivity contribution >= 4 is 11.7 Å². The van der Waals surface area contributed by atoms with Crippen molar-refractivity contribution in [3.8, 4) is 0 Å². The quantitative estimate of drug-likeness (QED) is 0.647. The van der Waals surface area contributed by atoms with Crippen LogP contribution in [0, 0.1) is 11.7 Å². The second-order valence-corrected chi connectivity index (χ2v) is 8.99. The second-order valence-electron chi connectivity index (χ2n) is 8.99. The van der Waals surface area contributed by atoms with Crippen LogP contribution in [-0.4, -0.2) is 68.2 Å². The zero-order chi connectivity index (χ0) is 24.3. The van der Waals surface area contributed by atoms with E-state index in [1.807, 2.05) is 6.92 Å². The number of anilines is 1. The first-order chi connectivity index (χ1) is 16.2. The number of rotatable bonds is 5. The number of likely N-dealkylation sites (tertiary alicyclic amines) is 1. The first kappa shape index (κ1) is 24.3. The molecule has 2 amide bonds. The predicted octanol–water partition coefficient (Wildman–Crippen LogP) is 4.41. The Hall–Kier alpha value is -2.81. The first-order valence-corrected chi connectivity index (χ1v) is 11.7. The molecule has 0 bridgehead atoms. The van der Waals surface area contributed by atoms with Crippen molar-refractivity contribution in [2.45, 2.75) is 19.0 Å². The third kappa shape index (κ3) is 5.63. The highest BCUT2D eigenvalue weighted by Gasteiger charge is 2.39. The molecule has 184 valence electrons. The second kappa shape index (κ2) is 10.2. The van der Waals surface area contributed by atoms with Crippen LogP contribution in [0.2, 0.25) is 0 Å². The van der Waals surface area contributed by atoms with Crippen LogP contribution in [0.15, 0.2) is 48.5 Å². The summed E-state index contributed by atoms with van der Waals surface area (Å²) in [5, 5.41) is 2.81. The summed E-state index contributed by atoms with van der Waals surface area (Å²) in [6.07, 6.45) is -4.40. The molecule has 2 aromatic carbocycles. The normalized spacial score (nSPS) is 21.7. The Balaban J connectivity index is 1.46. The van der Waals surface area contributed by atoms with Gasteiger partial charge in [-0.15, -0.1) is 0 Å². The summed E-state index contributed by atoms with van der Waals surface area (Å²) in [4.78, 5) is 18.7. The van der Waals surface area contributed by atoms with E-state index < -0.39 is 11.7 Å². The predicted molar refractivity (Wildman–Crippen MR) is 123 cm³/mol. The number of benzene rings is 2. The molecule has 2 fully saturated rings. The molecule has 2 aromatic rings. The number of amides is 2. The summed E-state index contributed by atoms with van der Waals surface area (Å²) in [7, 11) is 0. The van der Waals surface area contributed by atoms with Gasteiger partial charge in [-0.1, -0.05) is 18.2 Å². The van der Waals surface area contributed by atoms with Crippen LogP contribution < -0.4 is 10.2 Å². The lowest BCUT2D eigenvalue weighted by Crippen LogP contribution is -2.48. The maximum atomic E-state index is 13.3. The Morgan fingerprint density at radius 2 is 1.74 bits per heavy atom. The lowest BCUT2D eigenvalue weighted by Gasteiger charge is -2.38. The minimum absolute atomic E-state index is 0.0310. The molecule has 2 saturated heterocycles. The molecule has 4 rings (SSSR count). The Morgan fingerprint density at radius 1 is 1.03 bits per heavy atom. The molecule has 0 aromatic heterocycles. The molecular weight excluding hydrogens is 448 g/mol. The number of nitrogens with one attached hydrogen (secondary N) is 1. The van der Waals surface area contributed by atoms with Crippen molar-refractivity contribution in [2.75, 3.05) is 57.3 Å². The van der Waals surface area contributed by atoms with Gasteiger partial charge in [0.25, 0.3) is 0 Å². The van der Waals surface area contributed by atoms with Gasteiger partial charge in [-0.2, -0.15) is 13.2 Å². The highest BCUT2D eigenvalue weighted by atomic mass is 19.4. The lowest BCUT2D eigenvalue weighted by atomic mass is 9.87. The molecule has 0 aliphatic carbocycles. The van der Waals surface area contributed by atoms with E-state index in [0.29, 0.717) is 31.7 Å². The van der Waals surface area contributed by atoms with Gasteiger partial charge in [0.15, 0.2) is 0 Å². The zero-order valence-corrected chi connectivity index (χ0v) is 19.2. The monoisotopic (exact) mass is 478 g/mol. The van der Waals surface area contributed by atoms with Crippen LogP contribution in [0.25, 0.3) is 0 Å². The van der Waals surface area contributed by atoms with Gasteiger partial charge in [-0.25, -0.2) is 9.18 Å². The van der Waals surface area contributed by atoms with Crippen LogP contribution in [0.5, 0.6) is 0 Å². The molecule has 34 heavy (non-hydrogen) atoms. The smallest absolute Gasteiger partial charge is 0.369 e. The number of carbonyl (C=O) groups is 1. The highest BCUT2D eigenvalue weighted by Crippen LogP contribution is 2.37. The Kier molecular flexibility index (Phi) is 7.30. The Morgan fingerprint density at radius 3 is 2.38 bits per heavy atom. The van der Waals surface area contributed by atoms with E-state index in [-0.39, 0.29) is 23.7 Å². The SMILES string of the molecule is CCNC(=O)N1CC(CN2CCN(c3ccc(F)cc3)CC2)C(c2cccc(C(F)(F)F)c2)C1. The maximum absolute atomic E-state index is 13.3. The van der Waals surface area contributed by atoms with E-state index in [1.165, 1.54) is 24.3 Å². The molecule has 5 nitrogen and oxygen atoms in total. The van der Waals surface area contributed by atoms with Crippen LogP contribution >= 0.6 is 0 Å². The summed E-state index contributed by atoms with van der Waals surface area (Å²) in [5.41, 5.74) is 0.941. The van der Waals surface area contributed by atoms with Gasteiger partial charge in [-0.05, 0) is 48.7 Å². The summed E-state index contributed by atoms with van der Waals surface area (Å²) in [5.74, 6) is -0.399. The number of piperazine rings is 1. The lowest BCUT2D eigenvalue weighted by molar-refractivity contribution is -0.137. The number of hydrogen-bond donors (Lipinski definition) is 1. The summed E-state index contributed by atoms with van der Waals surface area (Å²) < 4.78 is 53.2. The fourth-order valence-corrected chi connectivity index (χ4v) is 4.98. The van der Waals surface area contributed by atoms with Crippen molar-refractivity contribution in [2.24, 2.45) is 5.92 Å². The number of nitrogens with zero attached hydrogens (tertiary/aromatic N) is 3. The fraction of sp³-hybridized carbons (Fsp3) is 0.480. The molecule has 0 radical (unpaired) electrons. The van der Waals surface area contributed by atoms with Gasteiger partial charge in [0, 0.05) is 64.0 Å². The van der Waals surface area contributed by atoms with Crippen LogP contribution in [0.4, 0.5) is 28.0 Å². The van der Waals surface area contributed by atoms with Crippen molar-refractivity contribution in [3.63, 3.8) is 0 Å². The fourth-order valence-electron chi connectivity index (χ4n) is 4.98. The number of hydrogen-bond acceptors (Lipinski definition) is 3. The van der Waals surface area contributed by atoms with Crippen LogP contribution in [0.3, 0.4) is 0 Å². The molecule has 0 saturated carbocycles. The molecule has 2 unspecified atom stereocenters. The van der Waals surface area contributed by atoms with Gasteiger partial charge in [0.05, 0.1) is 5.56 Å². The van der Waals surface area contributed by atoms with Crippen molar-refractivity contribution in [3.05, 3.63) is 65.5 Å². The molecule has 2 aliphatic rings. The van der Waals surface area contributed by atoms with Gasteiger partial charge in [0.2, 0.25) is 0 Å². The van der Waals surface area contributed by atoms with E-state index in [2.05, 4.69) is 15.1 Å². The average molecular weight is 479 g/mol. The standard InChI is InChI=1S/C25H30F4N4O/c1-2-30-24(34)33-16-19(23(17-33)18-4-3-5-20(14-18)25(27,28)29)15-31-10-12-32(13-11-31)22-8-6-21(26)7-9-22/h3-9,14,19,23H,2,10-13,15-17H2,1H3,(H,30,34). The topological polar surface area (TPSA) is 38.8 Å². The number of urea groups is 1. The summed E-state index contributed by atoms with van der Waals surface area (Å²) in [6, 6.07) is 11.8. The zero-order valence-electron chi connectivity index (χ0n) is 19.2. The number of alkyl halides is 3. The third-order valence-electron chi connectivity index (χ3n) is 6.76. The summed E-state index contributed by atoms with van der Waals surface area (Å²) in [6.45, 7) is 7.11. The average Bonchev–Trinajstić information content (AvgIpc) is 3.24. The minimum Gasteiger partial charge on any atom is -0.369 e. The maximum Gasteiger partial charge on any atom is 0.416 e. The minimum atomic E-state index is -4.40. The van der Waals surface area contributed by atoms with Gasteiger partial charge in [0.1, 0.15) is 5.82 Å². The molecular formula is C25H30F4N4O. The van der Waals surface area contributed by atoms with E-state index in [4.69, 9.17) is 0 Å². The highest BCUT2D eigenvalue weighted by molar-refractivity contribution is 5.74. The summed E-state index contributed by atoms with van der Waals surface area (Å²) >= 11 is 0. The Bertz CT molecular complexity index is 974. The molecule has 9 heteroatoms. The molecule has 2 heterocycles. The van der Waals surface area contributed by atoms with Crippen molar-refractivity contribution < 1.29 is 22.4 Å². The van der Waals surface area contributed by atoms with Gasteiger partial charge >= 0.3 is 12.2 Å². The molecule has 2 atom stereocenters. The van der Waals surface area contributed by atoms with Gasteiger partial charge in [-0.3, -0.25) is 4.90 Å². The molecule has 0 spiro atoms. The number of halogens is 4. The van der Waals surface area contributed by atoms with E-state index in [1.54, 1.807) is 23.1 Å². The first-order valence-electron chi connectivity index (χ1n) is 11.7. The van der Waals surface area contributed by atoms with Gasteiger partial charge < -0.3 is 15.1 Å². The molecule has 2 aliphatic heterocycles. The van der Waals surface area contributed by atoms with Crippen LogP contribution in [0.1, 0.15) is 24.0 Å². The third-order valence-corrected chi connectivity index (χ3v) is 6.76. The number of carbonyl (C=O) groups excluding carboxylic acids is 1. The van der Waals surface area contributed by atoms with Crippen molar-refractivity contribution in [1.29, 1.82) is 0 Å². The van der Waals surface area contributed by atoms with Crippen LogP contribution in [-0.2, 0) is 6.18 Å². The Labute approximate surface area is 197 Å². The molecule has 1 N–H and O–H groups in total.